The number of hydrogen-bond acceptors (Lipinski definition) is 4. The van der Waals surface area contributed by atoms with Crippen LogP contribution in [-0.4, -0.2) is 23.6 Å². The number of hydrogen-bond donors (Lipinski definition) is 1. The van der Waals surface area contributed by atoms with E-state index in [1.165, 1.54) is 11.3 Å². The van der Waals surface area contributed by atoms with Crippen molar-refractivity contribution in [1.82, 2.24) is 9.97 Å². The van der Waals surface area contributed by atoms with Gasteiger partial charge in [0.25, 0.3) is 0 Å². The minimum Gasteiger partial charge on any atom is -0.496 e. The van der Waals surface area contributed by atoms with E-state index >= 15 is 0 Å². The fraction of sp³-hybridized carbons (Fsp3) is 0.412. The molecule has 1 atom stereocenters. The van der Waals surface area contributed by atoms with Crippen LogP contribution in [-0.2, 0) is 12.8 Å². The SMILES string of the molecule is COc1ccc(-c2ncc3c(n2)CCC(CN)C3)cc1C. The summed E-state index contributed by atoms with van der Waals surface area (Å²) in [4.78, 5) is 9.29. The number of nitrogens with zero attached hydrogens (tertiary/aromatic N) is 2. The lowest BCUT2D eigenvalue weighted by atomic mass is 9.87. The molecule has 1 aliphatic carbocycles. The van der Waals surface area contributed by atoms with Gasteiger partial charge in [0.2, 0.25) is 0 Å². The van der Waals surface area contributed by atoms with E-state index in [-0.39, 0.29) is 0 Å². The zero-order valence-electron chi connectivity index (χ0n) is 12.6. The van der Waals surface area contributed by atoms with Gasteiger partial charge in [-0.25, -0.2) is 9.97 Å². The van der Waals surface area contributed by atoms with Crippen molar-refractivity contribution in [3.63, 3.8) is 0 Å². The standard InChI is InChI=1S/C17H21N3O/c1-11-7-13(4-6-16(11)21-2)17-19-10-14-8-12(9-18)3-5-15(14)20-17/h4,6-7,10,12H,3,5,8-9,18H2,1-2H3. The summed E-state index contributed by atoms with van der Waals surface area (Å²) < 4.78 is 5.30. The van der Waals surface area contributed by atoms with E-state index in [0.717, 1.165) is 48.5 Å². The van der Waals surface area contributed by atoms with Crippen LogP contribution in [0.1, 0.15) is 23.2 Å². The number of aryl methyl sites for hydroxylation is 2. The van der Waals surface area contributed by atoms with E-state index in [4.69, 9.17) is 15.5 Å². The van der Waals surface area contributed by atoms with Gasteiger partial charge in [-0.05, 0) is 68.0 Å². The Morgan fingerprint density at radius 2 is 2.24 bits per heavy atom. The summed E-state index contributed by atoms with van der Waals surface area (Å²) in [5, 5.41) is 0. The molecule has 1 aromatic heterocycles. The maximum absolute atomic E-state index is 5.77. The molecule has 4 nitrogen and oxygen atoms in total. The molecular formula is C17H21N3O. The molecule has 2 aromatic rings. The molecule has 0 bridgehead atoms. The second-order valence-electron chi connectivity index (χ2n) is 5.69. The molecule has 1 unspecified atom stereocenters. The van der Waals surface area contributed by atoms with Crippen molar-refractivity contribution in [2.45, 2.75) is 26.2 Å². The lowest BCUT2D eigenvalue weighted by Crippen LogP contribution is -2.23. The molecule has 110 valence electrons. The Hall–Kier alpha value is -1.94. The summed E-state index contributed by atoms with van der Waals surface area (Å²) in [5.74, 6) is 2.27. The summed E-state index contributed by atoms with van der Waals surface area (Å²) in [6.07, 6.45) is 5.11. The van der Waals surface area contributed by atoms with Gasteiger partial charge < -0.3 is 10.5 Å². The summed E-state index contributed by atoms with van der Waals surface area (Å²) >= 11 is 0. The van der Waals surface area contributed by atoms with Gasteiger partial charge in [-0.3, -0.25) is 0 Å². The fourth-order valence-electron chi connectivity index (χ4n) is 2.94. The third kappa shape index (κ3) is 2.76. The Morgan fingerprint density at radius 3 is 2.95 bits per heavy atom. The van der Waals surface area contributed by atoms with Crippen LogP contribution in [0.5, 0.6) is 5.75 Å². The van der Waals surface area contributed by atoms with E-state index in [9.17, 15) is 0 Å². The molecule has 0 saturated heterocycles. The number of ether oxygens (including phenoxy) is 1. The highest BCUT2D eigenvalue weighted by Crippen LogP contribution is 2.27. The van der Waals surface area contributed by atoms with Crippen LogP contribution in [0, 0.1) is 12.8 Å². The average molecular weight is 283 g/mol. The Bertz CT molecular complexity index is 654. The van der Waals surface area contributed by atoms with Crippen molar-refractivity contribution < 1.29 is 4.74 Å². The van der Waals surface area contributed by atoms with Crippen LogP contribution in [0.2, 0.25) is 0 Å². The van der Waals surface area contributed by atoms with E-state index in [2.05, 4.69) is 11.1 Å². The van der Waals surface area contributed by atoms with Gasteiger partial charge in [0, 0.05) is 17.5 Å². The Balaban J connectivity index is 1.92. The molecule has 1 aromatic carbocycles. The van der Waals surface area contributed by atoms with Crippen LogP contribution < -0.4 is 10.5 Å². The van der Waals surface area contributed by atoms with E-state index in [1.807, 2.05) is 25.3 Å². The van der Waals surface area contributed by atoms with Crippen molar-refractivity contribution in [3.8, 4) is 17.1 Å². The van der Waals surface area contributed by atoms with Gasteiger partial charge in [-0.1, -0.05) is 0 Å². The van der Waals surface area contributed by atoms with Crippen LogP contribution in [0.3, 0.4) is 0 Å². The lowest BCUT2D eigenvalue weighted by molar-refractivity contribution is 0.412. The van der Waals surface area contributed by atoms with E-state index in [1.54, 1.807) is 7.11 Å². The fourth-order valence-corrected chi connectivity index (χ4v) is 2.94. The molecule has 0 spiro atoms. The van der Waals surface area contributed by atoms with Gasteiger partial charge in [-0.2, -0.15) is 0 Å². The average Bonchev–Trinajstić information content (AvgIpc) is 2.53. The molecule has 2 N–H and O–H groups in total. The molecule has 0 saturated carbocycles. The number of benzene rings is 1. The first-order valence-corrected chi connectivity index (χ1v) is 7.41. The molecule has 4 heteroatoms. The van der Waals surface area contributed by atoms with Crippen LogP contribution in [0.4, 0.5) is 0 Å². The minimum absolute atomic E-state index is 0.579. The molecule has 1 heterocycles. The highest BCUT2D eigenvalue weighted by molar-refractivity contribution is 5.59. The second-order valence-corrected chi connectivity index (χ2v) is 5.69. The Kier molecular flexibility index (Phi) is 3.88. The molecule has 21 heavy (non-hydrogen) atoms. The van der Waals surface area contributed by atoms with E-state index in [0.29, 0.717) is 5.92 Å². The summed E-state index contributed by atoms with van der Waals surface area (Å²) in [6, 6.07) is 6.06. The second kappa shape index (κ2) is 5.82. The molecule has 0 aliphatic heterocycles. The highest BCUT2D eigenvalue weighted by Gasteiger charge is 2.19. The maximum Gasteiger partial charge on any atom is 0.159 e. The van der Waals surface area contributed by atoms with Gasteiger partial charge >= 0.3 is 0 Å². The Labute approximate surface area is 125 Å². The van der Waals surface area contributed by atoms with Crippen molar-refractivity contribution in [2.24, 2.45) is 11.7 Å². The predicted octanol–water partition coefficient (Wildman–Crippen LogP) is 2.52. The molecular weight excluding hydrogens is 262 g/mol. The van der Waals surface area contributed by atoms with Crippen LogP contribution in [0.15, 0.2) is 24.4 Å². The quantitative estimate of drug-likeness (QED) is 0.940. The summed E-state index contributed by atoms with van der Waals surface area (Å²) in [5.41, 5.74) is 10.3. The molecule has 0 fully saturated rings. The number of aromatic nitrogens is 2. The van der Waals surface area contributed by atoms with Gasteiger partial charge in [0.15, 0.2) is 5.82 Å². The topological polar surface area (TPSA) is 61.0 Å². The van der Waals surface area contributed by atoms with Crippen molar-refractivity contribution in [3.05, 3.63) is 41.2 Å². The van der Waals surface area contributed by atoms with Gasteiger partial charge in [-0.15, -0.1) is 0 Å². The molecule has 1 aliphatic rings. The zero-order valence-corrected chi connectivity index (χ0v) is 12.6. The van der Waals surface area contributed by atoms with Crippen molar-refractivity contribution in [2.75, 3.05) is 13.7 Å². The van der Waals surface area contributed by atoms with Crippen molar-refractivity contribution in [1.29, 1.82) is 0 Å². The largest absolute Gasteiger partial charge is 0.496 e. The number of nitrogens with two attached hydrogens (primary N) is 1. The number of methoxy groups -OCH3 is 1. The number of fused-ring (bicyclic) bond motifs is 1. The lowest BCUT2D eigenvalue weighted by Gasteiger charge is -2.22. The maximum atomic E-state index is 5.77. The first kappa shape index (κ1) is 14.0. The van der Waals surface area contributed by atoms with Crippen LogP contribution >= 0.6 is 0 Å². The van der Waals surface area contributed by atoms with Gasteiger partial charge in [0.1, 0.15) is 5.75 Å². The van der Waals surface area contributed by atoms with Crippen molar-refractivity contribution >= 4 is 0 Å². The third-order valence-electron chi connectivity index (χ3n) is 4.24. The third-order valence-corrected chi connectivity index (χ3v) is 4.24. The van der Waals surface area contributed by atoms with E-state index < -0.39 is 0 Å². The first-order valence-electron chi connectivity index (χ1n) is 7.41. The zero-order chi connectivity index (χ0) is 14.8. The summed E-state index contributed by atoms with van der Waals surface area (Å²) in [6.45, 7) is 2.78. The monoisotopic (exact) mass is 283 g/mol. The van der Waals surface area contributed by atoms with Crippen LogP contribution in [0.25, 0.3) is 11.4 Å². The minimum atomic E-state index is 0.579. The molecule has 0 radical (unpaired) electrons. The molecule has 0 amide bonds. The first-order chi connectivity index (χ1) is 10.2. The normalized spacial score (nSPS) is 17.4. The molecule has 3 rings (SSSR count). The smallest absolute Gasteiger partial charge is 0.159 e. The highest BCUT2D eigenvalue weighted by atomic mass is 16.5. The summed E-state index contributed by atoms with van der Waals surface area (Å²) in [7, 11) is 1.69. The predicted molar refractivity (Wildman–Crippen MR) is 83.3 cm³/mol. The Morgan fingerprint density at radius 1 is 1.38 bits per heavy atom. The number of rotatable bonds is 3. The van der Waals surface area contributed by atoms with Gasteiger partial charge in [0.05, 0.1) is 7.11 Å².